The van der Waals surface area contributed by atoms with Crippen LogP contribution in [0.2, 0.25) is 0 Å². The van der Waals surface area contributed by atoms with Crippen LogP contribution in [0.15, 0.2) is 18.3 Å². The van der Waals surface area contributed by atoms with E-state index in [4.69, 9.17) is 5.11 Å². The summed E-state index contributed by atoms with van der Waals surface area (Å²) in [6.45, 7) is 0. The maximum absolute atomic E-state index is 13.5. The van der Waals surface area contributed by atoms with Crippen LogP contribution in [0.1, 0.15) is 31.4 Å². The van der Waals surface area contributed by atoms with Gasteiger partial charge in [0.1, 0.15) is 5.82 Å². The molecule has 0 unspecified atom stereocenters. The lowest BCUT2D eigenvalue weighted by molar-refractivity contribution is -0.139. The number of carboxylic acids is 1. The van der Waals surface area contributed by atoms with Gasteiger partial charge in [-0.25, -0.2) is 4.39 Å². The molecule has 4 heteroatoms. The molecule has 0 atom stereocenters. The van der Waals surface area contributed by atoms with Gasteiger partial charge in [0.25, 0.3) is 0 Å². The number of hydrogen-bond acceptors (Lipinski definition) is 2. The van der Waals surface area contributed by atoms with Crippen molar-refractivity contribution in [1.29, 1.82) is 0 Å². The fourth-order valence-corrected chi connectivity index (χ4v) is 2.17. The van der Waals surface area contributed by atoms with Crippen LogP contribution < -0.4 is 0 Å². The predicted molar refractivity (Wildman–Crippen MR) is 52.0 cm³/mol. The molecule has 1 aromatic heterocycles. The molecule has 0 saturated heterocycles. The highest BCUT2D eigenvalue weighted by Gasteiger charge is 2.43. The summed E-state index contributed by atoms with van der Waals surface area (Å²) in [5, 5.41) is 8.82. The van der Waals surface area contributed by atoms with Crippen molar-refractivity contribution >= 4 is 5.97 Å². The molecule has 0 spiro atoms. The van der Waals surface area contributed by atoms with Crippen LogP contribution in [0.5, 0.6) is 0 Å². The fourth-order valence-electron chi connectivity index (χ4n) is 2.17. The highest BCUT2D eigenvalue weighted by Crippen LogP contribution is 2.46. The zero-order valence-corrected chi connectivity index (χ0v) is 8.24. The first-order chi connectivity index (χ1) is 7.14. The van der Waals surface area contributed by atoms with Crippen molar-refractivity contribution in [3.05, 3.63) is 29.8 Å². The summed E-state index contributed by atoms with van der Waals surface area (Å²) in [6.07, 6.45) is 3.87. The number of aliphatic carboxylic acids is 1. The standard InChI is InChI=1S/C11H12FNO2/c12-8-3-1-6-13-10(8)11(4-2-5-11)7-9(14)15/h1,3,6H,2,4-5,7H2,(H,14,15). The zero-order chi connectivity index (χ0) is 10.9. The Hall–Kier alpha value is -1.45. The molecular formula is C11H12FNO2. The number of rotatable bonds is 3. The summed E-state index contributed by atoms with van der Waals surface area (Å²) in [4.78, 5) is 14.7. The third kappa shape index (κ3) is 1.71. The van der Waals surface area contributed by atoms with E-state index in [0.717, 1.165) is 6.42 Å². The number of carbonyl (C=O) groups is 1. The summed E-state index contributed by atoms with van der Waals surface area (Å²) in [6, 6.07) is 2.86. The van der Waals surface area contributed by atoms with Gasteiger partial charge in [0.2, 0.25) is 0 Å². The Morgan fingerprint density at radius 2 is 2.33 bits per heavy atom. The van der Waals surface area contributed by atoms with Crippen LogP contribution in [-0.4, -0.2) is 16.1 Å². The minimum Gasteiger partial charge on any atom is -0.481 e. The van der Waals surface area contributed by atoms with E-state index in [1.54, 1.807) is 0 Å². The van der Waals surface area contributed by atoms with E-state index < -0.39 is 17.2 Å². The molecular weight excluding hydrogens is 197 g/mol. The molecule has 0 bridgehead atoms. The Kier molecular flexibility index (Phi) is 2.42. The van der Waals surface area contributed by atoms with Crippen molar-refractivity contribution < 1.29 is 14.3 Å². The van der Waals surface area contributed by atoms with E-state index in [1.807, 2.05) is 0 Å². The topological polar surface area (TPSA) is 50.2 Å². The van der Waals surface area contributed by atoms with E-state index >= 15 is 0 Å². The first kappa shape index (κ1) is 10.1. The molecule has 1 aliphatic rings. The quantitative estimate of drug-likeness (QED) is 0.829. The molecule has 0 radical (unpaired) electrons. The molecule has 3 nitrogen and oxygen atoms in total. The Bertz CT molecular complexity index is 388. The van der Waals surface area contributed by atoms with Crippen LogP contribution in [-0.2, 0) is 10.2 Å². The Labute approximate surface area is 87.0 Å². The Balaban J connectivity index is 2.34. The maximum Gasteiger partial charge on any atom is 0.304 e. The van der Waals surface area contributed by atoms with E-state index in [1.165, 1.54) is 18.3 Å². The largest absolute Gasteiger partial charge is 0.481 e. The summed E-state index contributed by atoms with van der Waals surface area (Å²) in [5.74, 6) is -1.28. The first-order valence-corrected chi connectivity index (χ1v) is 4.97. The number of carboxylic acid groups (broad SMARTS) is 1. The van der Waals surface area contributed by atoms with Gasteiger partial charge in [-0.2, -0.15) is 0 Å². The fraction of sp³-hybridized carbons (Fsp3) is 0.455. The molecule has 0 amide bonds. The molecule has 1 saturated carbocycles. The van der Waals surface area contributed by atoms with Crippen LogP contribution in [0, 0.1) is 5.82 Å². The second-order valence-corrected chi connectivity index (χ2v) is 4.04. The monoisotopic (exact) mass is 209 g/mol. The van der Waals surface area contributed by atoms with E-state index in [2.05, 4.69) is 4.98 Å². The number of halogens is 1. The summed E-state index contributed by atoms with van der Waals surface area (Å²) >= 11 is 0. The highest BCUT2D eigenvalue weighted by atomic mass is 19.1. The van der Waals surface area contributed by atoms with Crippen LogP contribution >= 0.6 is 0 Å². The zero-order valence-electron chi connectivity index (χ0n) is 8.24. The summed E-state index contributed by atoms with van der Waals surface area (Å²) < 4.78 is 13.5. The van der Waals surface area contributed by atoms with E-state index in [0.29, 0.717) is 18.5 Å². The predicted octanol–water partition coefficient (Wildman–Crippen LogP) is 2.12. The average Bonchev–Trinajstić information content (AvgIpc) is 2.12. The average molecular weight is 209 g/mol. The lowest BCUT2D eigenvalue weighted by Crippen LogP contribution is -2.38. The van der Waals surface area contributed by atoms with Crippen molar-refractivity contribution in [2.24, 2.45) is 0 Å². The lowest BCUT2D eigenvalue weighted by atomic mass is 9.64. The molecule has 80 valence electrons. The second kappa shape index (κ2) is 3.61. The Morgan fingerprint density at radius 1 is 1.60 bits per heavy atom. The van der Waals surface area contributed by atoms with Crippen molar-refractivity contribution in [3.63, 3.8) is 0 Å². The van der Waals surface area contributed by atoms with Gasteiger partial charge in [0.05, 0.1) is 12.1 Å². The van der Waals surface area contributed by atoms with Gasteiger partial charge >= 0.3 is 5.97 Å². The molecule has 2 rings (SSSR count). The van der Waals surface area contributed by atoms with Crippen molar-refractivity contribution in [2.45, 2.75) is 31.1 Å². The molecule has 15 heavy (non-hydrogen) atoms. The van der Waals surface area contributed by atoms with Crippen LogP contribution in [0.4, 0.5) is 4.39 Å². The SMILES string of the molecule is O=C(O)CC1(c2ncccc2F)CCC1. The third-order valence-electron chi connectivity index (χ3n) is 3.06. The van der Waals surface area contributed by atoms with Crippen molar-refractivity contribution in [2.75, 3.05) is 0 Å². The molecule has 1 N–H and O–H groups in total. The highest BCUT2D eigenvalue weighted by molar-refractivity contribution is 5.69. The van der Waals surface area contributed by atoms with Crippen LogP contribution in [0.25, 0.3) is 0 Å². The first-order valence-electron chi connectivity index (χ1n) is 4.97. The number of hydrogen-bond donors (Lipinski definition) is 1. The second-order valence-electron chi connectivity index (χ2n) is 4.04. The van der Waals surface area contributed by atoms with Gasteiger partial charge < -0.3 is 5.11 Å². The number of aromatic nitrogens is 1. The number of nitrogens with zero attached hydrogens (tertiary/aromatic N) is 1. The smallest absolute Gasteiger partial charge is 0.304 e. The van der Waals surface area contributed by atoms with Crippen molar-refractivity contribution in [3.8, 4) is 0 Å². The summed E-state index contributed by atoms with van der Waals surface area (Å²) in [7, 11) is 0. The van der Waals surface area contributed by atoms with Crippen LogP contribution in [0.3, 0.4) is 0 Å². The third-order valence-corrected chi connectivity index (χ3v) is 3.06. The molecule has 1 fully saturated rings. The Morgan fingerprint density at radius 3 is 2.80 bits per heavy atom. The lowest BCUT2D eigenvalue weighted by Gasteiger charge is -2.40. The summed E-state index contributed by atoms with van der Waals surface area (Å²) in [5.41, 5.74) is -0.240. The van der Waals surface area contributed by atoms with E-state index in [-0.39, 0.29) is 6.42 Å². The maximum atomic E-state index is 13.5. The van der Waals surface area contributed by atoms with Gasteiger partial charge in [0, 0.05) is 11.6 Å². The van der Waals surface area contributed by atoms with Gasteiger partial charge in [0.15, 0.2) is 0 Å². The minimum atomic E-state index is -0.889. The molecule has 1 heterocycles. The normalized spacial score (nSPS) is 18.2. The molecule has 1 aromatic rings. The minimum absolute atomic E-state index is 0.0269. The van der Waals surface area contributed by atoms with Gasteiger partial charge in [-0.1, -0.05) is 6.42 Å². The number of pyridine rings is 1. The van der Waals surface area contributed by atoms with Gasteiger partial charge in [-0.05, 0) is 25.0 Å². The van der Waals surface area contributed by atoms with Crippen molar-refractivity contribution in [1.82, 2.24) is 4.98 Å². The molecule has 1 aliphatic carbocycles. The molecule has 0 aromatic carbocycles. The van der Waals surface area contributed by atoms with Gasteiger partial charge in [-0.3, -0.25) is 9.78 Å². The van der Waals surface area contributed by atoms with E-state index in [9.17, 15) is 9.18 Å². The molecule has 0 aliphatic heterocycles. The van der Waals surface area contributed by atoms with Gasteiger partial charge in [-0.15, -0.1) is 0 Å².